The molecule has 9 heteroatoms. The summed E-state index contributed by atoms with van der Waals surface area (Å²) in [6.07, 6.45) is 4.11. The highest BCUT2D eigenvalue weighted by Crippen LogP contribution is 2.30. The number of amides is 2. The predicted molar refractivity (Wildman–Crippen MR) is 140 cm³/mol. The maximum absolute atomic E-state index is 15.0. The molecule has 2 saturated heterocycles. The van der Waals surface area contributed by atoms with E-state index in [1.807, 2.05) is 0 Å². The first-order valence-electron chi connectivity index (χ1n) is 13.3. The van der Waals surface area contributed by atoms with Crippen LogP contribution in [0.25, 0.3) is 11.1 Å². The zero-order valence-corrected chi connectivity index (χ0v) is 22.0. The lowest BCUT2D eigenvalue weighted by Gasteiger charge is -2.34. The number of carbonyl (C=O) groups excluding carboxylic acids is 2. The first-order valence-corrected chi connectivity index (χ1v) is 13.3. The third-order valence-corrected chi connectivity index (χ3v) is 7.13. The van der Waals surface area contributed by atoms with Crippen LogP contribution in [0.15, 0.2) is 36.4 Å². The minimum Gasteiger partial charge on any atom is -0.490 e. The van der Waals surface area contributed by atoms with Crippen LogP contribution in [0, 0.1) is 17.6 Å². The molecule has 0 spiro atoms. The Labute approximate surface area is 221 Å². The summed E-state index contributed by atoms with van der Waals surface area (Å²) in [5.74, 6) is -2.48. The van der Waals surface area contributed by atoms with Crippen molar-refractivity contribution in [3.63, 3.8) is 0 Å². The third-order valence-electron chi connectivity index (χ3n) is 7.13. The molecule has 0 unspecified atom stereocenters. The molecule has 0 aromatic heterocycles. The molecule has 38 heavy (non-hydrogen) atoms. The van der Waals surface area contributed by atoms with Gasteiger partial charge in [0, 0.05) is 6.54 Å². The molecule has 0 aliphatic carbocycles. The van der Waals surface area contributed by atoms with Gasteiger partial charge in [-0.1, -0.05) is 24.6 Å². The first kappa shape index (κ1) is 28.1. The highest BCUT2D eigenvalue weighted by atomic mass is 19.1. The fraction of sp³-hybridized carbons (Fsp3) is 0.517. The molecular formula is C29H36F3N3O3. The second kappa shape index (κ2) is 12.3. The largest absolute Gasteiger partial charge is 0.490 e. The van der Waals surface area contributed by atoms with E-state index in [0.29, 0.717) is 31.7 Å². The van der Waals surface area contributed by atoms with Crippen LogP contribution in [0.2, 0.25) is 0 Å². The number of hydrogen-bond donors (Lipinski definition) is 2. The molecule has 0 saturated carbocycles. The number of halogens is 3. The Hall–Kier alpha value is -2.91. The minimum absolute atomic E-state index is 0.0713. The number of likely N-dealkylation sites (tertiary alicyclic amines) is 1. The van der Waals surface area contributed by atoms with Crippen LogP contribution in [0.5, 0.6) is 5.75 Å². The number of benzene rings is 2. The average molecular weight is 532 g/mol. The van der Waals surface area contributed by atoms with Crippen molar-refractivity contribution in [2.75, 3.05) is 32.8 Å². The van der Waals surface area contributed by atoms with E-state index in [0.717, 1.165) is 44.8 Å². The smallest absolute Gasteiger partial charge is 0.261 e. The molecule has 206 valence electrons. The monoisotopic (exact) mass is 531 g/mol. The SMILES string of the molecule is CC(C)(F)CN1CCC(COc2ccc(-c3cccc(F)c3C(=O)NC(=O)[C@@H]3CCCCN3)cc2F)CC1. The van der Waals surface area contributed by atoms with E-state index in [1.165, 1.54) is 24.3 Å². The van der Waals surface area contributed by atoms with Crippen LogP contribution in [0.1, 0.15) is 56.3 Å². The van der Waals surface area contributed by atoms with Crippen molar-refractivity contribution in [1.82, 2.24) is 15.5 Å². The highest BCUT2D eigenvalue weighted by molar-refractivity contribution is 6.09. The van der Waals surface area contributed by atoms with Gasteiger partial charge in [-0.15, -0.1) is 0 Å². The van der Waals surface area contributed by atoms with E-state index in [1.54, 1.807) is 19.9 Å². The van der Waals surface area contributed by atoms with Gasteiger partial charge < -0.3 is 15.0 Å². The lowest BCUT2D eigenvalue weighted by molar-refractivity contribution is -0.122. The van der Waals surface area contributed by atoms with Gasteiger partial charge in [-0.05, 0) is 94.4 Å². The Balaban J connectivity index is 1.40. The molecule has 6 nitrogen and oxygen atoms in total. The molecule has 0 radical (unpaired) electrons. The van der Waals surface area contributed by atoms with E-state index in [2.05, 4.69) is 15.5 Å². The van der Waals surface area contributed by atoms with Crippen molar-refractivity contribution >= 4 is 11.8 Å². The summed E-state index contributed by atoms with van der Waals surface area (Å²) >= 11 is 0. The number of nitrogens with zero attached hydrogens (tertiary/aromatic N) is 1. The fourth-order valence-corrected chi connectivity index (χ4v) is 5.17. The number of ether oxygens (including phenoxy) is 1. The first-order chi connectivity index (χ1) is 18.1. The number of rotatable bonds is 8. The topological polar surface area (TPSA) is 70.7 Å². The van der Waals surface area contributed by atoms with Crippen LogP contribution in [-0.2, 0) is 4.79 Å². The van der Waals surface area contributed by atoms with Gasteiger partial charge in [-0.2, -0.15) is 0 Å². The zero-order valence-electron chi connectivity index (χ0n) is 22.0. The molecule has 2 amide bonds. The fourth-order valence-electron chi connectivity index (χ4n) is 5.17. The number of imide groups is 1. The zero-order chi connectivity index (χ0) is 27.3. The summed E-state index contributed by atoms with van der Waals surface area (Å²) < 4.78 is 49.4. The van der Waals surface area contributed by atoms with E-state index in [-0.39, 0.29) is 22.8 Å². The van der Waals surface area contributed by atoms with E-state index in [4.69, 9.17) is 4.74 Å². The Kier molecular flexibility index (Phi) is 9.10. The summed E-state index contributed by atoms with van der Waals surface area (Å²) in [5, 5.41) is 5.35. The van der Waals surface area contributed by atoms with E-state index >= 15 is 0 Å². The lowest BCUT2D eigenvalue weighted by atomic mass is 9.96. The number of alkyl halides is 1. The maximum Gasteiger partial charge on any atom is 0.261 e. The summed E-state index contributed by atoms with van der Waals surface area (Å²) in [6, 6.07) is 7.83. The number of nitrogens with one attached hydrogen (secondary N) is 2. The Morgan fingerprint density at radius 3 is 2.50 bits per heavy atom. The lowest BCUT2D eigenvalue weighted by Crippen LogP contribution is -2.48. The molecule has 0 bridgehead atoms. The maximum atomic E-state index is 15.0. The van der Waals surface area contributed by atoms with Crippen LogP contribution in [0.3, 0.4) is 0 Å². The summed E-state index contributed by atoms with van der Waals surface area (Å²) in [6.45, 7) is 6.10. The van der Waals surface area contributed by atoms with Crippen molar-refractivity contribution in [3.8, 4) is 16.9 Å². The Bertz CT molecular complexity index is 1140. The molecule has 2 aliphatic rings. The van der Waals surface area contributed by atoms with Gasteiger partial charge >= 0.3 is 0 Å². The van der Waals surface area contributed by atoms with Gasteiger partial charge in [0.25, 0.3) is 5.91 Å². The summed E-state index contributed by atoms with van der Waals surface area (Å²) in [5.41, 5.74) is -1.07. The van der Waals surface area contributed by atoms with Crippen molar-refractivity contribution < 1.29 is 27.5 Å². The molecule has 2 aliphatic heterocycles. The molecule has 2 N–H and O–H groups in total. The van der Waals surface area contributed by atoms with Crippen LogP contribution >= 0.6 is 0 Å². The van der Waals surface area contributed by atoms with Gasteiger partial charge in [0.15, 0.2) is 11.6 Å². The van der Waals surface area contributed by atoms with Crippen LogP contribution < -0.4 is 15.4 Å². The number of piperidine rings is 2. The summed E-state index contributed by atoms with van der Waals surface area (Å²) in [7, 11) is 0. The molecule has 2 aromatic rings. The second-order valence-electron chi connectivity index (χ2n) is 10.9. The average Bonchev–Trinajstić information content (AvgIpc) is 2.88. The van der Waals surface area contributed by atoms with Crippen molar-refractivity contribution in [1.29, 1.82) is 0 Å². The van der Waals surface area contributed by atoms with Crippen molar-refractivity contribution in [3.05, 3.63) is 53.6 Å². The van der Waals surface area contributed by atoms with E-state index in [9.17, 15) is 22.8 Å². The Morgan fingerprint density at radius 1 is 1.08 bits per heavy atom. The highest BCUT2D eigenvalue weighted by Gasteiger charge is 2.27. The molecule has 4 rings (SSSR count). The molecular weight excluding hydrogens is 495 g/mol. The molecule has 2 aromatic carbocycles. The predicted octanol–water partition coefficient (Wildman–Crippen LogP) is 4.87. The minimum atomic E-state index is -1.24. The summed E-state index contributed by atoms with van der Waals surface area (Å²) in [4.78, 5) is 27.5. The van der Waals surface area contributed by atoms with Gasteiger partial charge in [0.05, 0.1) is 18.2 Å². The van der Waals surface area contributed by atoms with Gasteiger partial charge in [0.2, 0.25) is 5.91 Å². The van der Waals surface area contributed by atoms with Crippen LogP contribution in [0.4, 0.5) is 13.2 Å². The normalized spacial score (nSPS) is 19.2. The van der Waals surface area contributed by atoms with Gasteiger partial charge in [-0.25, -0.2) is 13.2 Å². The Morgan fingerprint density at radius 2 is 1.84 bits per heavy atom. The number of hydrogen-bond acceptors (Lipinski definition) is 5. The quantitative estimate of drug-likeness (QED) is 0.476. The van der Waals surface area contributed by atoms with E-state index < -0.39 is 35.2 Å². The van der Waals surface area contributed by atoms with Gasteiger partial charge in [-0.3, -0.25) is 14.9 Å². The molecule has 2 heterocycles. The second-order valence-corrected chi connectivity index (χ2v) is 10.9. The van der Waals surface area contributed by atoms with Crippen LogP contribution in [-0.4, -0.2) is 61.2 Å². The molecule has 1 atom stereocenters. The molecule has 2 fully saturated rings. The number of carbonyl (C=O) groups is 2. The van der Waals surface area contributed by atoms with Crippen molar-refractivity contribution in [2.45, 2.75) is 57.7 Å². The van der Waals surface area contributed by atoms with Crippen molar-refractivity contribution in [2.24, 2.45) is 5.92 Å². The van der Waals surface area contributed by atoms with Gasteiger partial charge in [0.1, 0.15) is 11.5 Å². The standard InChI is InChI=1S/C29H36F3N3O3/c1-29(2,32)18-35-14-11-19(12-15-35)17-38-25-10-9-20(16-23(25)31)21-6-5-7-22(30)26(21)28(37)34-27(36)24-8-3-4-13-33-24/h5-7,9-10,16,19,24,33H,3-4,8,11-15,17-18H2,1-2H3,(H,34,36,37)/t24-/m0/s1. The third kappa shape index (κ3) is 7.35.